The van der Waals surface area contributed by atoms with Crippen LogP contribution in [0.25, 0.3) is 0 Å². The average molecular weight is 200 g/mol. The zero-order valence-corrected chi connectivity index (χ0v) is 7.72. The van der Waals surface area contributed by atoms with Crippen molar-refractivity contribution in [2.45, 2.75) is 26.2 Å². The number of rotatable bonds is 1. The highest BCUT2D eigenvalue weighted by atomic mass is 19.3. The number of carbonyl (C=O) groups excluding carboxylic acids is 1. The van der Waals surface area contributed by atoms with Gasteiger partial charge in [-0.15, -0.1) is 0 Å². The molecule has 0 amide bonds. The minimum Gasteiger partial charge on any atom is -0.466 e. The number of Topliss-reactive ketones (excluding diaryl/α,β-unsaturated/α-hetero) is 1. The van der Waals surface area contributed by atoms with Crippen LogP contribution in [0, 0.1) is 12.8 Å². The molecule has 1 aliphatic rings. The summed E-state index contributed by atoms with van der Waals surface area (Å²) in [7, 11) is 0. The van der Waals surface area contributed by atoms with Gasteiger partial charge in [0.2, 0.25) is 6.43 Å². The zero-order valence-electron chi connectivity index (χ0n) is 7.72. The Kier molecular flexibility index (Phi) is 2.13. The normalized spacial score (nSPS) is 21.4. The van der Waals surface area contributed by atoms with Gasteiger partial charge < -0.3 is 4.42 Å². The second-order valence-electron chi connectivity index (χ2n) is 3.62. The highest BCUT2D eigenvalue weighted by Gasteiger charge is 2.33. The SMILES string of the molecule is Cc1cc2c(o1)CC(C(F)F)CC2=O. The van der Waals surface area contributed by atoms with Gasteiger partial charge in [-0.05, 0) is 13.0 Å². The van der Waals surface area contributed by atoms with E-state index in [9.17, 15) is 13.6 Å². The van der Waals surface area contributed by atoms with E-state index in [0.717, 1.165) is 0 Å². The molecule has 0 saturated heterocycles. The summed E-state index contributed by atoms with van der Waals surface area (Å²) in [6, 6.07) is 1.62. The van der Waals surface area contributed by atoms with Gasteiger partial charge >= 0.3 is 0 Å². The number of fused-ring (bicyclic) bond motifs is 1. The van der Waals surface area contributed by atoms with Gasteiger partial charge in [0.05, 0.1) is 5.56 Å². The monoisotopic (exact) mass is 200 g/mol. The van der Waals surface area contributed by atoms with Gasteiger partial charge in [0.25, 0.3) is 0 Å². The zero-order chi connectivity index (χ0) is 10.3. The maximum absolute atomic E-state index is 12.4. The summed E-state index contributed by atoms with van der Waals surface area (Å²) in [5.41, 5.74) is 0.486. The first-order chi connectivity index (χ1) is 6.58. The Bertz CT molecular complexity index is 368. The Labute approximate surface area is 79.9 Å². The third-order valence-electron chi connectivity index (χ3n) is 2.48. The van der Waals surface area contributed by atoms with E-state index in [1.54, 1.807) is 13.0 Å². The van der Waals surface area contributed by atoms with E-state index >= 15 is 0 Å². The Balaban J connectivity index is 2.33. The molecule has 1 atom stereocenters. The number of carbonyl (C=O) groups is 1. The third kappa shape index (κ3) is 1.45. The Morgan fingerprint density at radius 2 is 2.21 bits per heavy atom. The third-order valence-corrected chi connectivity index (χ3v) is 2.48. The van der Waals surface area contributed by atoms with Crippen LogP contribution in [0.4, 0.5) is 8.78 Å². The first-order valence-corrected chi connectivity index (χ1v) is 4.48. The van der Waals surface area contributed by atoms with Crippen LogP contribution in [0.5, 0.6) is 0 Å². The number of alkyl halides is 2. The molecule has 0 aliphatic heterocycles. The molecule has 1 unspecified atom stereocenters. The predicted octanol–water partition coefficient (Wildman–Crippen LogP) is 2.60. The maximum Gasteiger partial charge on any atom is 0.242 e. The van der Waals surface area contributed by atoms with Crippen molar-refractivity contribution in [3.05, 3.63) is 23.2 Å². The number of aryl methyl sites for hydroxylation is 1. The van der Waals surface area contributed by atoms with Crippen LogP contribution in [0.1, 0.15) is 28.3 Å². The van der Waals surface area contributed by atoms with Gasteiger partial charge in [-0.2, -0.15) is 0 Å². The molecule has 0 fully saturated rings. The van der Waals surface area contributed by atoms with Crippen molar-refractivity contribution in [1.82, 2.24) is 0 Å². The molecule has 0 spiro atoms. The molecule has 0 saturated carbocycles. The summed E-state index contributed by atoms with van der Waals surface area (Å²) < 4.78 is 30.0. The highest BCUT2D eigenvalue weighted by molar-refractivity contribution is 5.98. The number of furan rings is 1. The van der Waals surface area contributed by atoms with E-state index in [1.165, 1.54) is 0 Å². The van der Waals surface area contributed by atoms with E-state index in [-0.39, 0.29) is 18.6 Å². The Morgan fingerprint density at radius 1 is 1.50 bits per heavy atom. The number of hydrogen-bond donors (Lipinski definition) is 0. The molecule has 76 valence electrons. The quantitative estimate of drug-likeness (QED) is 0.697. The van der Waals surface area contributed by atoms with Crippen LogP contribution in [-0.2, 0) is 6.42 Å². The lowest BCUT2D eigenvalue weighted by Gasteiger charge is -2.18. The first kappa shape index (κ1) is 9.37. The van der Waals surface area contributed by atoms with Gasteiger partial charge in [0.15, 0.2) is 5.78 Å². The summed E-state index contributed by atoms with van der Waals surface area (Å²) >= 11 is 0. The van der Waals surface area contributed by atoms with E-state index in [4.69, 9.17) is 4.42 Å². The van der Waals surface area contributed by atoms with Crippen LogP contribution in [0.2, 0.25) is 0 Å². The topological polar surface area (TPSA) is 30.2 Å². The molecule has 0 radical (unpaired) electrons. The van der Waals surface area contributed by atoms with Crippen LogP contribution >= 0.6 is 0 Å². The number of halogens is 2. The Morgan fingerprint density at radius 3 is 2.86 bits per heavy atom. The summed E-state index contributed by atoms with van der Waals surface area (Å²) in [4.78, 5) is 11.4. The van der Waals surface area contributed by atoms with E-state index < -0.39 is 12.3 Å². The number of hydrogen-bond acceptors (Lipinski definition) is 2. The van der Waals surface area contributed by atoms with Crippen LogP contribution in [0.15, 0.2) is 10.5 Å². The average Bonchev–Trinajstić information content (AvgIpc) is 2.45. The lowest BCUT2D eigenvalue weighted by Crippen LogP contribution is -2.24. The van der Waals surface area contributed by atoms with Crippen molar-refractivity contribution in [3.8, 4) is 0 Å². The number of ketones is 1. The fraction of sp³-hybridized carbons (Fsp3) is 0.500. The molecule has 2 nitrogen and oxygen atoms in total. The lowest BCUT2D eigenvalue weighted by atomic mass is 9.88. The van der Waals surface area contributed by atoms with Crippen molar-refractivity contribution in [2.24, 2.45) is 5.92 Å². The minimum atomic E-state index is -2.45. The first-order valence-electron chi connectivity index (χ1n) is 4.48. The van der Waals surface area contributed by atoms with Crippen molar-refractivity contribution in [1.29, 1.82) is 0 Å². The van der Waals surface area contributed by atoms with Gasteiger partial charge in [0.1, 0.15) is 11.5 Å². The predicted molar refractivity (Wildman–Crippen MR) is 45.6 cm³/mol. The van der Waals surface area contributed by atoms with Crippen LogP contribution in [0.3, 0.4) is 0 Å². The van der Waals surface area contributed by atoms with Gasteiger partial charge in [-0.25, -0.2) is 8.78 Å². The van der Waals surface area contributed by atoms with Crippen molar-refractivity contribution < 1.29 is 18.0 Å². The Hall–Kier alpha value is -1.19. The van der Waals surface area contributed by atoms with E-state index in [2.05, 4.69) is 0 Å². The summed E-state index contributed by atoms with van der Waals surface area (Å²) in [6.07, 6.45) is -2.34. The van der Waals surface area contributed by atoms with E-state index in [1.807, 2.05) is 0 Å². The summed E-state index contributed by atoms with van der Waals surface area (Å²) in [5, 5.41) is 0. The molecule has 1 aromatic heterocycles. The van der Waals surface area contributed by atoms with Gasteiger partial charge in [-0.3, -0.25) is 4.79 Å². The van der Waals surface area contributed by atoms with Crippen molar-refractivity contribution >= 4 is 5.78 Å². The summed E-state index contributed by atoms with van der Waals surface area (Å²) in [6.45, 7) is 1.71. The molecule has 14 heavy (non-hydrogen) atoms. The largest absolute Gasteiger partial charge is 0.466 e. The molecule has 0 bridgehead atoms. The molecule has 0 N–H and O–H groups in total. The van der Waals surface area contributed by atoms with Crippen LogP contribution < -0.4 is 0 Å². The standard InChI is InChI=1S/C10H10F2O2/c1-5-2-7-8(13)3-6(10(11)12)4-9(7)14-5/h2,6,10H,3-4H2,1H3. The lowest BCUT2D eigenvalue weighted by molar-refractivity contribution is 0.0570. The van der Waals surface area contributed by atoms with Gasteiger partial charge in [0, 0.05) is 18.8 Å². The molecule has 1 aromatic rings. The second-order valence-corrected chi connectivity index (χ2v) is 3.62. The molecular formula is C10H10F2O2. The molecule has 2 rings (SSSR count). The molecule has 0 aromatic carbocycles. The molecule has 1 aliphatic carbocycles. The van der Waals surface area contributed by atoms with Gasteiger partial charge in [-0.1, -0.05) is 0 Å². The fourth-order valence-electron chi connectivity index (χ4n) is 1.79. The highest BCUT2D eigenvalue weighted by Crippen LogP contribution is 2.31. The maximum atomic E-state index is 12.4. The second kappa shape index (κ2) is 3.19. The molecule has 1 heterocycles. The summed E-state index contributed by atoms with van der Waals surface area (Å²) in [5.74, 6) is -0.0729. The molecule has 4 heteroatoms. The smallest absolute Gasteiger partial charge is 0.242 e. The fourth-order valence-corrected chi connectivity index (χ4v) is 1.79. The van der Waals surface area contributed by atoms with E-state index in [0.29, 0.717) is 17.1 Å². The van der Waals surface area contributed by atoms with Crippen LogP contribution in [-0.4, -0.2) is 12.2 Å². The van der Waals surface area contributed by atoms with Crippen molar-refractivity contribution in [2.75, 3.05) is 0 Å². The van der Waals surface area contributed by atoms with Crippen molar-refractivity contribution in [3.63, 3.8) is 0 Å². The molecular weight excluding hydrogens is 190 g/mol. The minimum absolute atomic E-state index is 0.0658.